The Labute approximate surface area is 386 Å². The molecule has 346 valence electrons. The molecule has 3 N–H and O–H groups in total. The number of likely N-dealkylation sites (tertiary alicyclic amines) is 2. The van der Waals surface area contributed by atoms with Crippen molar-refractivity contribution in [1.29, 1.82) is 0 Å². The number of amides is 3. The van der Waals surface area contributed by atoms with E-state index < -0.39 is 6.04 Å². The van der Waals surface area contributed by atoms with Gasteiger partial charge in [0.05, 0.1) is 17.1 Å². The normalized spacial score (nSPS) is 22.6. The smallest absolute Gasteiger partial charge is 0.260 e. The highest BCUT2D eigenvalue weighted by Crippen LogP contribution is 2.37. The van der Waals surface area contributed by atoms with E-state index in [2.05, 4.69) is 62.7 Å². The molecule has 3 atom stereocenters. The second-order valence-electron chi connectivity index (χ2n) is 19.4. The molecule has 2 aromatic carbocycles. The van der Waals surface area contributed by atoms with Gasteiger partial charge in [-0.15, -0.1) is 0 Å². The molecule has 4 fully saturated rings. The number of nitrogens with zero attached hydrogens (tertiary/aromatic N) is 6. The number of pyridine rings is 2. The van der Waals surface area contributed by atoms with Gasteiger partial charge in [0, 0.05) is 105 Å². The van der Waals surface area contributed by atoms with Gasteiger partial charge >= 0.3 is 0 Å². The zero-order chi connectivity index (χ0) is 45.5. The van der Waals surface area contributed by atoms with Crippen LogP contribution in [-0.4, -0.2) is 120 Å². The van der Waals surface area contributed by atoms with Crippen molar-refractivity contribution in [2.24, 2.45) is 11.8 Å². The van der Waals surface area contributed by atoms with Crippen LogP contribution in [0.4, 0.5) is 21.5 Å². The fraction of sp³-hybridized carbons (Fsp3) is 0.481. The number of carbonyl (C=O) groups excluding carboxylic acids is 3. The third kappa shape index (κ3) is 9.01. The largest absolute Gasteiger partial charge is 0.384 e. The van der Waals surface area contributed by atoms with Crippen molar-refractivity contribution in [3.8, 4) is 5.69 Å². The number of anilines is 3. The van der Waals surface area contributed by atoms with Crippen LogP contribution in [0.3, 0.4) is 0 Å². The van der Waals surface area contributed by atoms with Crippen LogP contribution in [0.5, 0.6) is 0 Å². The molecule has 2 aromatic heterocycles. The SMILES string of the molecule is CC1Cc2nccc(-n3ccc4c(c3=O)CCN4)c2C=C1[C@H](C)N1CCC(c2ccc(C(=O)N3CCC(CN4CCN(c5ccc(N[C@H]6CCC(=O)NC6=O)cc5F)CC4)CC3)cc2)CC1. The van der Waals surface area contributed by atoms with E-state index in [1.54, 1.807) is 12.1 Å². The number of aromatic nitrogens is 2. The van der Waals surface area contributed by atoms with Crippen LogP contribution in [0.25, 0.3) is 11.8 Å². The fourth-order valence-corrected chi connectivity index (χ4v) is 11.4. The summed E-state index contributed by atoms with van der Waals surface area (Å²) in [5.41, 5.74) is 9.45. The van der Waals surface area contributed by atoms with Crippen LogP contribution >= 0.6 is 0 Å². The van der Waals surface area contributed by atoms with Crippen LogP contribution < -0.4 is 26.4 Å². The van der Waals surface area contributed by atoms with Crippen molar-refractivity contribution >= 4 is 40.9 Å². The molecule has 4 saturated heterocycles. The molecule has 0 bridgehead atoms. The van der Waals surface area contributed by atoms with Crippen molar-refractivity contribution in [1.82, 2.24) is 29.6 Å². The van der Waals surface area contributed by atoms with Gasteiger partial charge in [0.1, 0.15) is 11.9 Å². The van der Waals surface area contributed by atoms with E-state index in [1.165, 1.54) is 17.2 Å². The highest BCUT2D eigenvalue weighted by molar-refractivity contribution is 6.01. The maximum atomic E-state index is 15.3. The lowest BCUT2D eigenvalue weighted by atomic mass is 9.81. The van der Waals surface area contributed by atoms with Gasteiger partial charge in [-0.2, -0.15) is 0 Å². The lowest BCUT2D eigenvalue weighted by Crippen LogP contribution is -2.49. The minimum atomic E-state index is -0.552. The Hall–Kier alpha value is -5.86. The van der Waals surface area contributed by atoms with Gasteiger partial charge in [-0.25, -0.2) is 4.39 Å². The number of halogens is 1. The number of rotatable bonds is 10. The highest BCUT2D eigenvalue weighted by Gasteiger charge is 2.33. The van der Waals surface area contributed by atoms with E-state index in [0.29, 0.717) is 35.5 Å². The molecule has 0 saturated carbocycles. The number of hydrogen-bond acceptors (Lipinski definition) is 10. The quantitative estimate of drug-likeness (QED) is 0.161. The molecule has 10 rings (SSSR count). The highest BCUT2D eigenvalue weighted by atomic mass is 19.1. The number of benzene rings is 2. The van der Waals surface area contributed by atoms with Crippen LogP contribution in [-0.2, 0) is 22.4 Å². The standard InChI is InChI=1S/C52H62FN9O4/c1-33-29-46-42(47(12-19-55-46)62-24-17-44-40(52(62)66)11-18-54-44)31-41(33)34(2)59-22-15-37(16-23-59)36-3-5-38(6-4-36)51(65)61-20-13-35(14-21-61)32-58-25-27-60(28-26-58)48-9-7-39(30-43(48)53)56-45-8-10-49(63)57-50(45)64/h3-7,9,12,17,19,24,30-31,33-35,37,45,54,56H,8,10-11,13-16,18,20-23,25-29,32H2,1-2H3,(H,57,63,64)/t33?,34-,45-/m0/s1. The van der Waals surface area contributed by atoms with E-state index in [4.69, 9.17) is 4.98 Å². The van der Waals surface area contributed by atoms with Crippen LogP contribution in [0.1, 0.15) is 91.0 Å². The summed E-state index contributed by atoms with van der Waals surface area (Å²) >= 11 is 0. The number of imide groups is 1. The molecule has 3 amide bonds. The monoisotopic (exact) mass is 895 g/mol. The van der Waals surface area contributed by atoms with Gasteiger partial charge in [0.2, 0.25) is 11.8 Å². The van der Waals surface area contributed by atoms with Crippen LogP contribution in [0, 0.1) is 17.7 Å². The zero-order valence-corrected chi connectivity index (χ0v) is 38.2. The molecule has 0 radical (unpaired) electrons. The number of hydrogen-bond donors (Lipinski definition) is 3. The summed E-state index contributed by atoms with van der Waals surface area (Å²) in [6, 6.07) is 17.1. The van der Waals surface area contributed by atoms with Crippen molar-refractivity contribution in [2.75, 3.05) is 81.0 Å². The van der Waals surface area contributed by atoms with E-state index in [9.17, 15) is 19.2 Å². The van der Waals surface area contributed by atoms with Crippen molar-refractivity contribution in [3.63, 3.8) is 0 Å². The molecule has 5 aliphatic heterocycles. The van der Waals surface area contributed by atoms with Gasteiger partial charge < -0.3 is 20.4 Å². The predicted octanol–water partition coefficient (Wildman–Crippen LogP) is 6.07. The topological polar surface area (TPSA) is 135 Å². The first-order valence-corrected chi connectivity index (χ1v) is 24.2. The van der Waals surface area contributed by atoms with E-state index in [-0.39, 0.29) is 41.6 Å². The van der Waals surface area contributed by atoms with Gasteiger partial charge in [-0.05, 0) is 142 Å². The molecule has 0 spiro atoms. The molecule has 7 heterocycles. The molecule has 4 aromatic rings. The Morgan fingerprint density at radius 2 is 1.65 bits per heavy atom. The summed E-state index contributed by atoms with van der Waals surface area (Å²) in [5.74, 6) is 0.473. The summed E-state index contributed by atoms with van der Waals surface area (Å²) in [7, 11) is 0. The first-order valence-electron chi connectivity index (χ1n) is 24.2. The van der Waals surface area contributed by atoms with Gasteiger partial charge in [0.15, 0.2) is 0 Å². The molecule has 66 heavy (non-hydrogen) atoms. The molecule has 1 aliphatic carbocycles. The minimum Gasteiger partial charge on any atom is -0.384 e. The minimum absolute atomic E-state index is 0.0538. The molecule has 13 nitrogen and oxygen atoms in total. The number of fused-ring (bicyclic) bond motifs is 2. The van der Waals surface area contributed by atoms with Gasteiger partial charge in [0.25, 0.3) is 11.5 Å². The van der Waals surface area contributed by atoms with Crippen molar-refractivity contribution in [3.05, 3.63) is 117 Å². The molecule has 14 heteroatoms. The maximum Gasteiger partial charge on any atom is 0.260 e. The van der Waals surface area contributed by atoms with E-state index in [1.807, 2.05) is 46.1 Å². The number of carbonyl (C=O) groups is 3. The Morgan fingerprint density at radius 1 is 0.879 bits per heavy atom. The summed E-state index contributed by atoms with van der Waals surface area (Å²) in [6.45, 7) is 13.1. The number of piperidine rings is 3. The zero-order valence-electron chi connectivity index (χ0n) is 38.2. The molecule has 1 unspecified atom stereocenters. The molecular formula is C52H62FN9O4. The second-order valence-corrected chi connectivity index (χ2v) is 19.4. The van der Waals surface area contributed by atoms with Crippen molar-refractivity contribution < 1.29 is 18.8 Å². The Balaban J connectivity index is 0.677. The van der Waals surface area contributed by atoms with Crippen molar-refractivity contribution in [2.45, 2.75) is 83.2 Å². The summed E-state index contributed by atoms with van der Waals surface area (Å²) in [6.07, 6.45) is 12.4. The van der Waals surface area contributed by atoms with E-state index >= 15 is 4.39 Å². The Morgan fingerprint density at radius 3 is 2.39 bits per heavy atom. The average Bonchev–Trinajstić information content (AvgIpc) is 3.83. The average molecular weight is 896 g/mol. The lowest BCUT2D eigenvalue weighted by molar-refractivity contribution is -0.133. The third-order valence-corrected chi connectivity index (χ3v) is 15.4. The van der Waals surface area contributed by atoms with Crippen LogP contribution in [0.2, 0.25) is 0 Å². The van der Waals surface area contributed by atoms with Gasteiger partial charge in [-0.1, -0.05) is 19.1 Å². The van der Waals surface area contributed by atoms with Crippen LogP contribution in [0.15, 0.2) is 77.4 Å². The van der Waals surface area contributed by atoms with E-state index in [0.717, 1.165) is 138 Å². The summed E-state index contributed by atoms with van der Waals surface area (Å²) in [5, 5.41) is 8.72. The fourth-order valence-electron chi connectivity index (χ4n) is 11.4. The maximum absolute atomic E-state index is 15.3. The van der Waals surface area contributed by atoms with Gasteiger partial charge in [-0.3, -0.25) is 43.8 Å². The Bertz CT molecular complexity index is 2570. The second kappa shape index (κ2) is 18.8. The Kier molecular flexibility index (Phi) is 12.5. The number of piperazine rings is 1. The number of nitrogens with one attached hydrogen (secondary N) is 3. The summed E-state index contributed by atoms with van der Waals surface area (Å²) < 4.78 is 17.1. The first kappa shape index (κ1) is 44.0. The lowest BCUT2D eigenvalue weighted by Gasteiger charge is -2.40. The molecule has 6 aliphatic rings. The first-order chi connectivity index (χ1) is 32.1. The third-order valence-electron chi connectivity index (χ3n) is 15.4. The molecular weight excluding hydrogens is 834 g/mol. The summed E-state index contributed by atoms with van der Waals surface area (Å²) in [4.78, 5) is 64.8. The predicted molar refractivity (Wildman–Crippen MR) is 256 cm³/mol.